The van der Waals surface area contributed by atoms with Gasteiger partial charge in [-0.1, -0.05) is 42.3 Å². The van der Waals surface area contributed by atoms with Gasteiger partial charge in [-0.2, -0.15) is 0 Å². The van der Waals surface area contributed by atoms with E-state index >= 15 is 0 Å². The molecule has 0 saturated heterocycles. The number of fused-ring (bicyclic) bond motifs is 3. The standard InChI is InChI=1S/C22H23Cl2N3O/c1-2-25-20(11-14-3-5-15(23)6-4-14)22(28)27-10-9-17-18-12-16(24)7-8-19(18)26-21(17)13-27/h3-8,12,20,25-26H,2,9-11,13H2,1H3. The van der Waals surface area contributed by atoms with Gasteiger partial charge in [-0.15, -0.1) is 0 Å². The maximum Gasteiger partial charge on any atom is 0.240 e. The van der Waals surface area contributed by atoms with Crippen LogP contribution < -0.4 is 5.32 Å². The Morgan fingerprint density at radius 3 is 2.68 bits per heavy atom. The van der Waals surface area contributed by atoms with Gasteiger partial charge in [0.05, 0.1) is 12.6 Å². The predicted molar refractivity (Wildman–Crippen MR) is 115 cm³/mol. The first-order valence-electron chi connectivity index (χ1n) is 9.60. The fourth-order valence-electron chi connectivity index (χ4n) is 3.97. The van der Waals surface area contributed by atoms with Gasteiger partial charge in [-0.25, -0.2) is 0 Å². The summed E-state index contributed by atoms with van der Waals surface area (Å²) in [5, 5.41) is 5.96. The summed E-state index contributed by atoms with van der Waals surface area (Å²) < 4.78 is 0. The second-order valence-corrected chi connectivity index (χ2v) is 8.10. The minimum absolute atomic E-state index is 0.138. The second-order valence-electron chi connectivity index (χ2n) is 7.22. The number of benzene rings is 2. The predicted octanol–water partition coefficient (Wildman–Crippen LogP) is 4.58. The van der Waals surface area contributed by atoms with Crippen molar-refractivity contribution in [1.29, 1.82) is 0 Å². The van der Waals surface area contributed by atoms with Crippen LogP contribution in [0.3, 0.4) is 0 Å². The summed E-state index contributed by atoms with van der Waals surface area (Å²) in [6, 6.07) is 13.4. The van der Waals surface area contributed by atoms with Crippen molar-refractivity contribution in [2.24, 2.45) is 0 Å². The van der Waals surface area contributed by atoms with Gasteiger partial charge >= 0.3 is 0 Å². The second kappa shape index (κ2) is 8.16. The minimum atomic E-state index is -0.244. The molecule has 0 aliphatic carbocycles. The van der Waals surface area contributed by atoms with E-state index in [4.69, 9.17) is 23.2 Å². The van der Waals surface area contributed by atoms with Crippen LogP contribution in [0.15, 0.2) is 42.5 Å². The summed E-state index contributed by atoms with van der Waals surface area (Å²) in [5.41, 5.74) is 4.56. The van der Waals surface area contributed by atoms with Crippen LogP contribution in [0.2, 0.25) is 10.0 Å². The summed E-state index contributed by atoms with van der Waals surface area (Å²) >= 11 is 12.1. The average molecular weight is 416 g/mol. The van der Waals surface area contributed by atoms with Crippen LogP contribution in [-0.4, -0.2) is 34.9 Å². The van der Waals surface area contributed by atoms with Gasteiger partial charge in [0.15, 0.2) is 0 Å². The van der Waals surface area contributed by atoms with E-state index < -0.39 is 0 Å². The van der Waals surface area contributed by atoms with Crippen LogP contribution in [-0.2, 0) is 24.2 Å². The fourth-order valence-corrected chi connectivity index (χ4v) is 4.27. The molecule has 0 fully saturated rings. The topological polar surface area (TPSA) is 48.1 Å². The van der Waals surface area contributed by atoms with Gasteiger partial charge in [0.1, 0.15) is 0 Å². The Balaban J connectivity index is 1.53. The molecule has 0 spiro atoms. The summed E-state index contributed by atoms with van der Waals surface area (Å²) in [5.74, 6) is 0.138. The zero-order chi connectivity index (χ0) is 19.7. The van der Waals surface area contributed by atoms with E-state index in [9.17, 15) is 4.79 Å². The lowest BCUT2D eigenvalue weighted by Crippen LogP contribution is -2.49. The smallest absolute Gasteiger partial charge is 0.240 e. The van der Waals surface area contributed by atoms with E-state index in [2.05, 4.69) is 10.3 Å². The maximum atomic E-state index is 13.2. The van der Waals surface area contributed by atoms with Crippen molar-refractivity contribution in [2.45, 2.75) is 32.4 Å². The van der Waals surface area contributed by atoms with E-state index in [1.165, 1.54) is 10.9 Å². The van der Waals surface area contributed by atoms with Crippen LogP contribution in [0.1, 0.15) is 23.7 Å². The molecule has 0 saturated carbocycles. The summed E-state index contributed by atoms with van der Waals surface area (Å²) in [4.78, 5) is 18.7. The molecule has 0 bridgehead atoms. The molecule has 1 aromatic heterocycles. The number of aromatic amines is 1. The normalized spacial score (nSPS) is 14.9. The van der Waals surface area contributed by atoms with Gasteiger partial charge < -0.3 is 15.2 Å². The third-order valence-corrected chi connectivity index (χ3v) is 5.84. The molecule has 1 atom stereocenters. The number of halogens is 2. The van der Waals surface area contributed by atoms with Gasteiger partial charge in [0.2, 0.25) is 5.91 Å². The van der Waals surface area contributed by atoms with Crippen molar-refractivity contribution in [3.05, 3.63) is 69.3 Å². The molecule has 2 heterocycles. The number of rotatable bonds is 5. The van der Waals surface area contributed by atoms with Crippen molar-refractivity contribution < 1.29 is 4.79 Å². The van der Waals surface area contributed by atoms with Crippen LogP contribution >= 0.6 is 23.2 Å². The SMILES string of the molecule is CCNC(Cc1ccc(Cl)cc1)C(=O)N1CCc2c([nH]c3ccc(Cl)cc23)C1. The Morgan fingerprint density at radius 1 is 1.18 bits per heavy atom. The highest BCUT2D eigenvalue weighted by atomic mass is 35.5. The van der Waals surface area contributed by atoms with E-state index in [-0.39, 0.29) is 11.9 Å². The van der Waals surface area contributed by atoms with Crippen molar-refractivity contribution in [3.63, 3.8) is 0 Å². The number of likely N-dealkylation sites (N-methyl/N-ethyl adjacent to an activating group) is 1. The van der Waals surface area contributed by atoms with Crippen LogP contribution in [0.25, 0.3) is 10.9 Å². The van der Waals surface area contributed by atoms with Crippen LogP contribution in [0.4, 0.5) is 0 Å². The third-order valence-electron chi connectivity index (χ3n) is 5.35. The Labute approximate surface area is 174 Å². The first kappa shape index (κ1) is 19.3. The molecule has 2 N–H and O–H groups in total. The van der Waals surface area contributed by atoms with Gasteiger partial charge in [0.25, 0.3) is 0 Å². The Morgan fingerprint density at radius 2 is 1.93 bits per heavy atom. The van der Waals surface area contributed by atoms with E-state index in [1.807, 2.05) is 54.3 Å². The lowest BCUT2D eigenvalue weighted by Gasteiger charge is -2.31. The molecule has 1 unspecified atom stereocenters. The molecule has 3 aromatic rings. The lowest BCUT2D eigenvalue weighted by atomic mass is 10.0. The molecule has 1 aliphatic rings. The van der Waals surface area contributed by atoms with Crippen molar-refractivity contribution in [2.75, 3.05) is 13.1 Å². The van der Waals surface area contributed by atoms with E-state index in [0.717, 1.165) is 34.8 Å². The minimum Gasteiger partial charge on any atom is -0.357 e. The highest BCUT2D eigenvalue weighted by Gasteiger charge is 2.28. The monoisotopic (exact) mass is 415 g/mol. The summed E-state index contributed by atoms with van der Waals surface area (Å²) in [6.07, 6.45) is 1.48. The number of amides is 1. The molecular weight excluding hydrogens is 393 g/mol. The molecular formula is C22H23Cl2N3O. The van der Waals surface area contributed by atoms with Crippen LogP contribution in [0.5, 0.6) is 0 Å². The molecule has 4 rings (SSSR count). The number of carbonyl (C=O) groups excluding carboxylic acids is 1. The van der Waals surface area contributed by atoms with Gasteiger partial charge in [0, 0.05) is 33.2 Å². The Hall–Kier alpha value is -2.01. The zero-order valence-corrected chi connectivity index (χ0v) is 17.3. The average Bonchev–Trinajstić information content (AvgIpc) is 3.05. The summed E-state index contributed by atoms with van der Waals surface area (Å²) in [7, 11) is 0. The molecule has 2 aromatic carbocycles. The molecule has 1 aliphatic heterocycles. The van der Waals surface area contributed by atoms with Crippen LogP contribution in [0, 0.1) is 0 Å². The molecule has 0 radical (unpaired) electrons. The Bertz CT molecular complexity index is 997. The van der Waals surface area contributed by atoms with Crippen molar-refractivity contribution in [1.82, 2.24) is 15.2 Å². The molecule has 28 heavy (non-hydrogen) atoms. The quantitative estimate of drug-likeness (QED) is 0.640. The Kier molecular flexibility index (Phi) is 5.63. The van der Waals surface area contributed by atoms with Crippen molar-refractivity contribution in [3.8, 4) is 0 Å². The largest absolute Gasteiger partial charge is 0.357 e. The van der Waals surface area contributed by atoms with Crippen molar-refractivity contribution >= 4 is 40.0 Å². The number of carbonyl (C=O) groups is 1. The number of hydrogen-bond acceptors (Lipinski definition) is 2. The lowest BCUT2D eigenvalue weighted by molar-refractivity contribution is -0.134. The zero-order valence-electron chi connectivity index (χ0n) is 15.8. The molecule has 4 nitrogen and oxygen atoms in total. The number of nitrogens with zero attached hydrogens (tertiary/aromatic N) is 1. The highest BCUT2D eigenvalue weighted by molar-refractivity contribution is 6.31. The van der Waals surface area contributed by atoms with E-state index in [0.29, 0.717) is 24.5 Å². The number of aromatic nitrogens is 1. The number of H-pyrrole nitrogens is 1. The third kappa shape index (κ3) is 3.90. The first-order chi connectivity index (χ1) is 13.5. The number of hydrogen-bond donors (Lipinski definition) is 2. The number of nitrogens with one attached hydrogen (secondary N) is 2. The van der Waals surface area contributed by atoms with E-state index in [1.54, 1.807) is 0 Å². The van der Waals surface area contributed by atoms with Gasteiger partial charge in [-0.3, -0.25) is 4.79 Å². The molecule has 1 amide bonds. The summed E-state index contributed by atoms with van der Waals surface area (Å²) in [6.45, 7) is 4.09. The fraction of sp³-hybridized carbons (Fsp3) is 0.318. The molecule has 6 heteroatoms. The molecule has 146 valence electrons. The highest BCUT2D eigenvalue weighted by Crippen LogP contribution is 2.30. The maximum absolute atomic E-state index is 13.2. The first-order valence-corrected chi connectivity index (χ1v) is 10.4. The van der Waals surface area contributed by atoms with Gasteiger partial charge in [-0.05, 0) is 60.8 Å².